The van der Waals surface area contributed by atoms with Crippen LogP contribution in [0.25, 0.3) is 0 Å². The summed E-state index contributed by atoms with van der Waals surface area (Å²) in [5.41, 5.74) is 1.30. The van der Waals surface area contributed by atoms with E-state index in [-0.39, 0.29) is 11.9 Å². The van der Waals surface area contributed by atoms with Gasteiger partial charge in [0.15, 0.2) is 0 Å². The number of rotatable bonds is 0. The first-order valence-electron chi connectivity index (χ1n) is 5.14. The lowest BCUT2D eigenvalue weighted by molar-refractivity contribution is -0.129. The third-order valence-corrected chi connectivity index (χ3v) is 3.22. The van der Waals surface area contributed by atoms with Crippen LogP contribution in [0, 0.1) is 6.92 Å². The number of fused-ring (bicyclic) bond motifs is 3. The van der Waals surface area contributed by atoms with E-state index in [9.17, 15) is 4.79 Å². The summed E-state index contributed by atoms with van der Waals surface area (Å²) in [6.07, 6.45) is 2.57. The molecule has 3 heterocycles. The Morgan fingerprint density at radius 3 is 3.21 bits per heavy atom. The van der Waals surface area contributed by atoms with Crippen molar-refractivity contribution in [2.24, 2.45) is 0 Å². The Balaban J connectivity index is 2.06. The van der Waals surface area contributed by atoms with Gasteiger partial charge in [0.25, 0.3) is 0 Å². The van der Waals surface area contributed by atoms with Gasteiger partial charge in [-0.3, -0.25) is 4.79 Å². The van der Waals surface area contributed by atoms with Gasteiger partial charge in [0.05, 0.1) is 6.04 Å². The minimum atomic E-state index is 0.236. The number of amides is 1. The molecule has 2 aliphatic rings. The van der Waals surface area contributed by atoms with Crippen molar-refractivity contribution >= 4 is 5.91 Å². The molecule has 1 fully saturated rings. The maximum Gasteiger partial charge on any atom is 0.223 e. The van der Waals surface area contributed by atoms with Crippen LogP contribution in [0.5, 0.6) is 0 Å². The molecule has 3 rings (SSSR count). The first-order chi connectivity index (χ1) is 6.75. The SMILES string of the molecule is Cc1cc2c(o1)C1CCC(=O)N1CC2. The second-order valence-electron chi connectivity index (χ2n) is 4.14. The molecule has 3 nitrogen and oxygen atoms in total. The minimum Gasteiger partial charge on any atom is -0.464 e. The summed E-state index contributed by atoms with van der Waals surface area (Å²) >= 11 is 0. The first kappa shape index (κ1) is 8.09. The quantitative estimate of drug-likeness (QED) is 0.626. The molecule has 2 aliphatic heterocycles. The summed E-state index contributed by atoms with van der Waals surface area (Å²) in [6.45, 7) is 2.84. The van der Waals surface area contributed by atoms with E-state index in [1.165, 1.54) is 5.56 Å². The fraction of sp³-hybridized carbons (Fsp3) is 0.545. The highest BCUT2D eigenvalue weighted by Crippen LogP contribution is 2.39. The van der Waals surface area contributed by atoms with Gasteiger partial charge in [0.2, 0.25) is 5.91 Å². The van der Waals surface area contributed by atoms with E-state index in [0.717, 1.165) is 30.9 Å². The third-order valence-electron chi connectivity index (χ3n) is 3.22. The minimum absolute atomic E-state index is 0.236. The Hall–Kier alpha value is -1.25. The smallest absolute Gasteiger partial charge is 0.223 e. The molecule has 74 valence electrons. The van der Waals surface area contributed by atoms with Crippen molar-refractivity contribution in [2.75, 3.05) is 6.54 Å². The molecule has 0 bridgehead atoms. The van der Waals surface area contributed by atoms with E-state index in [4.69, 9.17) is 4.42 Å². The van der Waals surface area contributed by atoms with Gasteiger partial charge in [-0.15, -0.1) is 0 Å². The van der Waals surface area contributed by atoms with Crippen LogP contribution in [0.2, 0.25) is 0 Å². The number of aryl methyl sites for hydroxylation is 1. The monoisotopic (exact) mass is 191 g/mol. The summed E-state index contributed by atoms with van der Waals surface area (Å²) in [6, 6.07) is 2.34. The molecule has 1 unspecified atom stereocenters. The first-order valence-corrected chi connectivity index (χ1v) is 5.14. The number of carbonyl (C=O) groups is 1. The van der Waals surface area contributed by atoms with Gasteiger partial charge >= 0.3 is 0 Å². The summed E-state index contributed by atoms with van der Waals surface area (Å²) in [5.74, 6) is 2.30. The zero-order chi connectivity index (χ0) is 9.71. The number of nitrogens with zero attached hydrogens (tertiary/aromatic N) is 1. The van der Waals surface area contributed by atoms with E-state index in [1.54, 1.807) is 0 Å². The van der Waals surface area contributed by atoms with Crippen molar-refractivity contribution < 1.29 is 9.21 Å². The summed E-state index contributed by atoms with van der Waals surface area (Å²) in [4.78, 5) is 13.5. The average molecular weight is 191 g/mol. The Morgan fingerprint density at radius 2 is 2.36 bits per heavy atom. The number of carbonyl (C=O) groups excluding carboxylic acids is 1. The molecule has 0 radical (unpaired) electrons. The molecule has 14 heavy (non-hydrogen) atoms. The van der Waals surface area contributed by atoms with E-state index in [1.807, 2.05) is 11.8 Å². The van der Waals surface area contributed by atoms with Crippen LogP contribution >= 0.6 is 0 Å². The van der Waals surface area contributed by atoms with E-state index in [2.05, 4.69) is 6.07 Å². The molecule has 1 aromatic rings. The fourth-order valence-electron chi connectivity index (χ4n) is 2.59. The Kier molecular flexibility index (Phi) is 1.52. The molecule has 0 N–H and O–H groups in total. The molecule has 0 spiro atoms. The van der Waals surface area contributed by atoms with Gasteiger partial charge in [-0.25, -0.2) is 0 Å². The molecular formula is C11H13NO2. The normalized spacial score (nSPS) is 25.1. The van der Waals surface area contributed by atoms with Crippen molar-refractivity contribution in [2.45, 2.75) is 32.2 Å². The highest BCUT2D eigenvalue weighted by molar-refractivity contribution is 5.79. The van der Waals surface area contributed by atoms with Gasteiger partial charge in [-0.05, 0) is 31.4 Å². The maximum atomic E-state index is 11.5. The van der Waals surface area contributed by atoms with Gasteiger partial charge in [-0.2, -0.15) is 0 Å². The van der Waals surface area contributed by atoms with Crippen molar-refractivity contribution in [3.8, 4) is 0 Å². The van der Waals surface area contributed by atoms with Crippen LogP contribution in [-0.2, 0) is 11.2 Å². The van der Waals surface area contributed by atoms with E-state index < -0.39 is 0 Å². The van der Waals surface area contributed by atoms with Crippen LogP contribution in [0.4, 0.5) is 0 Å². The van der Waals surface area contributed by atoms with Gasteiger partial charge in [-0.1, -0.05) is 0 Å². The molecule has 1 amide bonds. The lowest BCUT2D eigenvalue weighted by atomic mass is 10.0. The van der Waals surface area contributed by atoms with Crippen molar-refractivity contribution in [1.29, 1.82) is 0 Å². The van der Waals surface area contributed by atoms with Gasteiger partial charge in [0.1, 0.15) is 11.5 Å². The molecule has 0 aromatic carbocycles. The van der Waals surface area contributed by atoms with E-state index in [0.29, 0.717) is 6.42 Å². The lowest BCUT2D eigenvalue weighted by Crippen LogP contribution is -2.33. The topological polar surface area (TPSA) is 33.5 Å². The molecule has 1 saturated heterocycles. The Bertz CT molecular complexity index is 394. The third kappa shape index (κ3) is 0.953. The number of hydrogen-bond acceptors (Lipinski definition) is 2. The van der Waals surface area contributed by atoms with Crippen LogP contribution in [0.15, 0.2) is 10.5 Å². The molecule has 3 heteroatoms. The molecule has 1 aromatic heterocycles. The van der Waals surface area contributed by atoms with Crippen LogP contribution in [0.3, 0.4) is 0 Å². The van der Waals surface area contributed by atoms with Crippen molar-refractivity contribution in [3.05, 3.63) is 23.2 Å². The molecular weight excluding hydrogens is 178 g/mol. The summed E-state index contributed by atoms with van der Waals surface area (Å²) in [7, 11) is 0. The zero-order valence-electron chi connectivity index (χ0n) is 8.25. The number of furan rings is 1. The van der Waals surface area contributed by atoms with Crippen LogP contribution < -0.4 is 0 Å². The number of hydrogen-bond donors (Lipinski definition) is 0. The van der Waals surface area contributed by atoms with Crippen molar-refractivity contribution in [1.82, 2.24) is 4.90 Å². The second kappa shape index (κ2) is 2.62. The Morgan fingerprint density at radius 1 is 1.50 bits per heavy atom. The molecule has 0 saturated carbocycles. The zero-order valence-corrected chi connectivity index (χ0v) is 8.25. The van der Waals surface area contributed by atoms with Gasteiger partial charge < -0.3 is 9.32 Å². The second-order valence-corrected chi connectivity index (χ2v) is 4.14. The van der Waals surface area contributed by atoms with Gasteiger partial charge in [0, 0.05) is 13.0 Å². The van der Waals surface area contributed by atoms with E-state index >= 15 is 0 Å². The largest absolute Gasteiger partial charge is 0.464 e. The van der Waals surface area contributed by atoms with Crippen LogP contribution in [-0.4, -0.2) is 17.4 Å². The summed E-state index contributed by atoms with van der Waals surface area (Å²) < 4.78 is 5.67. The highest BCUT2D eigenvalue weighted by Gasteiger charge is 2.38. The molecule has 0 aliphatic carbocycles. The standard InChI is InChI=1S/C11H13NO2/c1-7-6-8-4-5-12-9(11(8)14-7)2-3-10(12)13/h6,9H,2-5H2,1H3. The average Bonchev–Trinajstić information content (AvgIpc) is 2.68. The van der Waals surface area contributed by atoms with Crippen molar-refractivity contribution in [3.63, 3.8) is 0 Å². The fourth-order valence-corrected chi connectivity index (χ4v) is 2.59. The Labute approximate surface area is 82.7 Å². The lowest BCUT2D eigenvalue weighted by Gasteiger charge is -2.28. The van der Waals surface area contributed by atoms with Crippen LogP contribution in [0.1, 0.15) is 36.0 Å². The molecule has 1 atom stereocenters. The predicted molar refractivity (Wildman–Crippen MR) is 50.8 cm³/mol. The summed E-state index contributed by atoms with van der Waals surface area (Å²) in [5, 5.41) is 0. The predicted octanol–water partition coefficient (Wildman–Crippen LogP) is 1.81. The highest BCUT2D eigenvalue weighted by atomic mass is 16.3. The maximum absolute atomic E-state index is 11.5.